The van der Waals surface area contributed by atoms with E-state index in [4.69, 9.17) is 5.73 Å². The molecule has 0 spiro atoms. The highest BCUT2D eigenvalue weighted by molar-refractivity contribution is 5.75. The zero-order valence-electron chi connectivity index (χ0n) is 11.9. The van der Waals surface area contributed by atoms with E-state index >= 15 is 0 Å². The number of carbonyl (C=O) groups is 1. The highest BCUT2D eigenvalue weighted by atomic mass is 16.2. The standard InChI is InChI=1S/C13H28N4O/c1-15(2)13(18)5-10-17-9-4-8-16(11-12-17)7-3-6-14/h3-12,14H2,1-2H3. The maximum Gasteiger partial charge on any atom is 0.223 e. The van der Waals surface area contributed by atoms with Gasteiger partial charge >= 0.3 is 0 Å². The molecule has 0 bridgehead atoms. The lowest BCUT2D eigenvalue weighted by Gasteiger charge is -2.22. The lowest BCUT2D eigenvalue weighted by atomic mass is 10.3. The third-order valence-electron chi connectivity index (χ3n) is 3.50. The van der Waals surface area contributed by atoms with E-state index < -0.39 is 0 Å². The molecule has 0 unspecified atom stereocenters. The van der Waals surface area contributed by atoms with Crippen molar-refractivity contribution in [1.29, 1.82) is 0 Å². The number of hydrogen-bond acceptors (Lipinski definition) is 4. The fourth-order valence-electron chi connectivity index (χ4n) is 2.26. The largest absolute Gasteiger partial charge is 0.349 e. The molecule has 0 radical (unpaired) electrons. The van der Waals surface area contributed by atoms with Crippen molar-refractivity contribution < 1.29 is 4.79 Å². The molecule has 0 aromatic heterocycles. The first-order chi connectivity index (χ1) is 8.63. The molecular weight excluding hydrogens is 228 g/mol. The topological polar surface area (TPSA) is 52.8 Å². The first-order valence-electron chi connectivity index (χ1n) is 6.98. The Morgan fingerprint density at radius 1 is 1.11 bits per heavy atom. The van der Waals surface area contributed by atoms with Crippen LogP contribution in [0.15, 0.2) is 0 Å². The normalized spacial score (nSPS) is 18.6. The lowest BCUT2D eigenvalue weighted by molar-refractivity contribution is -0.129. The van der Waals surface area contributed by atoms with Crippen LogP contribution in [0.2, 0.25) is 0 Å². The number of hydrogen-bond donors (Lipinski definition) is 1. The molecule has 1 saturated heterocycles. The van der Waals surface area contributed by atoms with Crippen molar-refractivity contribution in [3.05, 3.63) is 0 Å². The maximum atomic E-state index is 11.6. The summed E-state index contributed by atoms with van der Waals surface area (Å²) >= 11 is 0. The highest BCUT2D eigenvalue weighted by Gasteiger charge is 2.15. The van der Waals surface area contributed by atoms with Gasteiger partial charge in [-0.2, -0.15) is 0 Å². The molecule has 1 amide bonds. The summed E-state index contributed by atoms with van der Waals surface area (Å²) in [6.07, 6.45) is 2.91. The van der Waals surface area contributed by atoms with E-state index in [1.165, 1.54) is 6.42 Å². The third kappa shape index (κ3) is 5.80. The van der Waals surface area contributed by atoms with Crippen molar-refractivity contribution in [1.82, 2.24) is 14.7 Å². The van der Waals surface area contributed by atoms with Gasteiger partial charge in [0.05, 0.1) is 0 Å². The summed E-state index contributed by atoms with van der Waals surface area (Å²) in [6, 6.07) is 0. The summed E-state index contributed by atoms with van der Waals surface area (Å²) in [7, 11) is 3.64. The van der Waals surface area contributed by atoms with Crippen LogP contribution in [0.3, 0.4) is 0 Å². The van der Waals surface area contributed by atoms with Gasteiger partial charge in [-0.15, -0.1) is 0 Å². The van der Waals surface area contributed by atoms with Gasteiger partial charge < -0.3 is 20.4 Å². The van der Waals surface area contributed by atoms with Gasteiger partial charge in [0, 0.05) is 40.2 Å². The predicted octanol–water partition coefficient (Wildman–Crippen LogP) is -0.179. The van der Waals surface area contributed by atoms with Crippen molar-refractivity contribution in [3.63, 3.8) is 0 Å². The summed E-state index contributed by atoms with van der Waals surface area (Å²) in [6.45, 7) is 7.24. The summed E-state index contributed by atoms with van der Waals surface area (Å²) in [5.74, 6) is 0.222. The Morgan fingerprint density at radius 2 is 1.72 bits per heavy atom. The molecule has 106 valence electrons. The maximum absolute atomic E-state index is 11.6. The molecule has 1 aliphatic rings. The Bertz CT molecular complexity index is 245. The zero-order valence-corrected chi connectivity index (χ0v) is 11.9. The SMILES string of the molecule is CN(C)C(=O)CCN1CCCN(CCCN)CC1. The minimum absolute atomic E-state index is 0.222. The fraction of sp³-hybridized carbons (Fsp3) is 0.923. The minimum Gasteiger partial charge on any atom is -0.349 e. The second-order valence-corrected chi connectivity index (χ2v) is 5.22. The van der Waals surface area contributed by atoms with Gasteiger partial charge in [0.25, 0.3) is 0 Å². The number of nitrogens with two attached hydrogens (primary N) is 1. The van der Waals surface area contributed by atoms with E-state index in [1.54, 1.807) is 4.90 Å². The van der Waals surface area contributed by atoms with Crippen LogP contribution in [-0.4, -0.2) is 80.5 Å². The minimum atomic E-state index is 0.222. The predicted molar refractivity (Wildman–Crippen MR) is 74.5 cm³/mol. The van der Waals surface area contributed by atoms with Crippen LogP contribution in [0.1, 0.15) is 19.3 Å². The average molecular weight is 256 g/mol. The second-order valence-electron chi connectivity index (χ2n) is 5.22. The monoisotopic (exact) mass is 256 g/mol. The van der Waals surface area contributed by atoms with Gasteiger partial charge in [-0.3, -0.25) is 4.79 Å². The van der Waals surface area contributed by atoms with Crippen molar-refractivity contribution in [2.75, 3.05) is 59.9 Å². The smallest absolute Gasteiger partial charge is 0.223 e. The second kappa shape index (κ2) is 8.45. The summed E-state index contributed by atoms with van der Waals surface area (Å²) < 4.78 is 0. The number of carbonyl (C=O) groups excluding carboxylic acids is 1. The van der Waals surface area contributed by atoms with Crippen LogP contribution in [0.5, 0.6) is 0 Å². The van der Waals surface area contributed by atoms with Gasteiger partial charge in [-0.05, 0) is 39.0 Å². The molecule has 1 rings (SSSR count). The molecule has 18 heavy (non-hydrogen) atoms. The summed E-state index contributed by atoms with van der Waals surface area (Å²) in [5.41, 5.74) is 5.54. The van der Waals surface area contributed by atoms with Crippen molar-refractivity contribution in [2.24, 2.45) is 5.73 Å². The lowest BCUT2D eigenvalue weighted by Crippen LogP contribution is -2.34. The Hall–Kier alpha value is -0.650. The van der Waals surface area contributed by atoms with Crippen LogP contribution in [0, 0.1) is 0 Å². The van der Waals surface area contributed by atoms with Crippen molar-refractivity contribution >= 4 is 5.91 Å². The van der Waals surface area contributed by atoms with Crippen LogP contribution >= 0.6 is 0 Å². The van der Waals surface area contributed by atoms with Crippen LogP contribution < -0.4 is 5.73 Å². The van der Waals surface area contributed by atoms with Crippen LogP contribution in [-0.2, 0) is 4.79 Å². The molecule has 0 aliphatic carbocycles. The third-order valence-corrected chi connectivity index (χ3v) is 3.50. The Balaban J connectivity index is 2.22. The molecule has 5 heteroatoms. The Kier molecular flexibility index (Phi) is 7.23. The van der Waals surface area contributed by atoms with Crippen molar-refractivity contribution in [3.8, 4) is 0 Å². The van der Waals surface area contributed by atoms with E-state index in [-0.39, 0.29) is 5.91 Å². The molecule has 0 saturated carbocycles. The van der Waals surface area contributed by atoms with Gasteiger partial charge in [0.1, 0.15) is 0 Å². The number of nitrogens with zero attached hydrogens (tertiary/aromatic N) is 3. The Labute approximate surface area is 111 Å². The summed E-state index contributed by atoms with van der Waals surface area (Å²) in [4.78, 5) is 18.1. The first-order valence-corrected chi connectivity index (χ1v) is 6.98. The van der Waals surface area contributed by atoms with Crippen molar-refractivity contribution in [2.45, 2.75) is 19.3 Å². The fourth-order valence-corrected chi connectivity index (χ4v) is 2.26. The molecule has 5 nitrogen and oxygen atoms in total. The molecule has 0 aromatic rings. The molecular formula is C13H28N4O. The number of amides is 1. The molecule has 1 aliphatic heterocycles. The van der Waals surface area contributed by atoms with Gasteiger partial charge in [-0.25, -0.2) is 0 Å². The molecule has 1 heterocycles. The molecule has 0 atom stereocenters. The first kappa shape index (κ1) is 15.4. The zero-order chi connectivity index (χ0) is 13.4. The summed E-state index contributed by atoms with van der Waals surface area (Å²) in [5, 5.41) is 0. The van der Waals surface area contributed by atoms with E-state index in [1.807, 2.05) is 14.1 Å². The van der Waals surface area contributed by atoms with Gasteiger partial charge in [0.2, 0.25) is 5.91 Å². The van der Waals surface area contributed by atoms with E-state index in [9.17, 15) is 4.79 Å². The number of rotatable bonds is 6. The van der Waals surface area contributed by atoms with E-state index in [0.717, 1.165) is 52.2 Å². The van der Waals surface area contributed by atoms with Gasteiger partial charge in [-0.1, -0.05) is 0 Å². The quantitative estimate of drug-likeness (QED) is 0.716. The van der Waals surface area contributed by atoms with E-state index in [2.05, 4.69) is 9.80 Å². The molecule has 2 N–H and O–H groups in total. The van der Waals surface area contributed by atoms with Crippen LogP contribution in [0.4, 0.5) is 0 Å². The van der Waals surface area contributed by atoms with E-state index in [0.29, 0.717) is 6.42 Å². The van der Waals surface area contributed by atoms with Crippen LogP contribution in [0.25, 0.3) is 0 Å². The molecule has 1 fully saturated rings. The average Bonchev–Trinajstić information content (AvgIpc) is 2.58. The Morgan fingerprint density at radius 3 is 2.28 bits per heavy atom. The van der Waals surface area contributed by atoms with Gasteiger partial charge in [0.15, 0.2) is 0 Å². The molecule has 0 aromatic carbocycles. The highest BCUT2D eigenvalue weighted by Crippen LogP contribution is 2.04.